The van der Waals surface area contributed by atoms with Gasteiger partial charge in [0.05, 0.1) is 5.52 Å². The summed E-state index contributed by atoms with van der Waals surface area (Å²) < 4.78 is 0. The van der Waals surface area contributed by atoms with Crippen LogP contribution in [0.1, 0.15) is 0 Å². The molecular formula is C15H10N2O. The molecule has 0 aliphatic heterocycles. The lowest BCUT2D eigenvalue weighted by Gasteiger charge is -1.98. The van der Waals surface area contributed by atoms with Gasteiger partial charge in [0, 0.05) is 27.7 Å². The molecular weight excluding hydrogens is 224 g/mol. The number of aromatic nitrogens is 2. The number of phenolic OH excluding ortho intramolecular Hbond substituents is 1. The predicted octanol–water partition coefficient (Wildman–Crippen LogP) is 3.57. The van der Waals surface area contributed by atoms with E-state index in [0.29, 0.717) is 0 Å². The summed E-state index contributed by atoms with van der Waals surface area (Å²) in [7, 11) is 0. The summed E-state index contributed by atoms with van der Waals surface area (Å²) in [5.74, 6) is 0.241. The summed E-state index contributed by atoms with van der Waals surface area (Å²) in [6.07, 6.45) is 0. The molecule has 3 nitrogen and oxygen atoms in total. The summed E-state index contributed by atoms with van der Waals surface area (Å²) >= 11 is 0. The number of hydrogen-bond donors (Lipinski definition) is 2. The molecule has 86 valence electrons. The molecule has 0 unspecified atom stereocenters. The maximum Gasteiger partial charge on any atom is 0.139 e. The molecule has 4 aromatic rings. The number of hydrogen-bond acceptors (Lipinski definition) is 2. The van der Waals surface area contributed by atoms with E-state index in [1.54, 1.807) is 12.1 Å². The Morgan fingerprint density at radius 2 is 1.83 bits per heavy atom. The van der Waals surface area contributed by atoms with E-state index in [1.807, 2.05) is 24.3 Å². The van der Waals surface area contributed by atoms with Crippen LogP contribution in [-0.4, -0.2) is 15.1 Å². The minimum absolute atomic E-state index is 0.241. The Balaban J connectivity index is 2.23. The van der Waals surface area contributed by atoms with E-state index in [0.717, 1.165) is 27.5 Å². The fourth-order valence-corrected chi connectivity index (χ4v) is 2.41. The molecule has 0 saturated heterocycles. The number of pyridine rings is 1. The van der Waals surface area contributed by atoms with E-state index in [9.17, 15) is 5.11 Å². The molecule has 2 N–H and O–H groups in total. The number of fused-ring (bicyclic) bond motifs is 4. The van der Waals surface area contributed by atoms with Crippen molar-refractivity contribution in [1.82, 2.24) is 9.97 Å². The second-order valence-corrected chi connectivity index (χ2v) is 4.43. The topological polar surface area (TPSA) is 48.9 Å². The molecule has 0 spiro atoms. The normalized spacial score (nSPS) is 11.6. The van der Waals surface area contributed by atoms with Gasteiger partial charge in [-0.15, -0.1) is 0 Å². The first-order valence-electron chi connectivity index (χ1n) is 5.81. The Labute approximate surface area is 103 Å². The minimum atomic E-state index is 0.241. The van der Waals surface area contributed by atoms with Crippen LogP contribution < -0.4 is 0 Å². The maximum atomic E-state index is 9.49. The van der Waals surface area contributed by atoms with E-state index in [4.69, 9.17) is 0 Å². The van der Waals surface area contributed by atoms with Crippen molar-refractivity contribution >= 4 is 32.8 Å². The van der Waals surface area contributed by atoms with Crippen LogP contribution in [-0.2, 0) is 0 Å². The van der Waals surface area contributed by atoms with E-state index < -0.39 is 0 Å². The summed E-state index contributed by atoms with van der Waals surface area (Å²) in [6.45, 7) is 0. The fourth-order valence-electron chi connectivity index (χ4n) is 2.41. The number of rotatable bonds is 0. The van der Waals surface area contributed by atoms with Gasteiger partial charge in [-0.1, -0.05) is 18.2 Å². The van der Waals surface area contributed by atoms with Crippen molar-refractivity contribution in [3.8, 4) is 5.75 Å². The first kappa shape index (κ1) is 9.48. The Hall–Kier alpha value is -2.55. The smallest absolute Gasteiger partial charge is 0.139 e. The quantitative estimate of drug-likeness (QED) is 0.488. The zero-order chi connectivity index (χ0) is 12.1. The summed E-state index contributed by atoms with van der Waals surface area (Å²) in [5, 5.41) is 12.8. The van der Waals surface area contributed by atoms with Gasteiger partial charge in [-0.25, -0.2) is 4.98 Å². The lowest BCUT2D eigenvalue weighted by Crippen LogP contribution is -1.80. The Kier molecular flexibility index (Phi) is 1.70. The van der Waals surface area contributed by atoms with Gasteiger partial charge in [0.1, 0.15) is 11.4 Å². The van der Waals surface area contributed by atoms with Crippen LogP contribution >= 0.6 is 0 Å². The molecule has 18 heavy (non-hydrogen) atoms. The third kappa shape index (κ3) is 1.21. The number of benzene rings is 2. The summed E-state index contributed by atoms with van der Waals surface area (Å²) in [5.41, 5.74) is 2.74. The van der Waals surface area contributed by atoms with Crippen molar-refractivity contribution in [2.45, 2.75) is 0 Å². The zero-order valence-corrected chi connectivity index (χ0v) is 9.51. The minimum Gasteiger partial charge on any atom is -0.508 e. The maximum absolute atomic E-state index is 9.49. The van der Waals surface area contributed by atoms with E-state index in [2.05, 4.69) is 22.1 Å². The molecule has 0 bridgehead atoms. The molecule has 0 saturated carbocycles. The first-order chi connectivity index (χ1) is 8.81. The first-order valence-corrected chi connectivity index (χ1v) is 5.81. The molecule has 0 fully saturated rings. The van der Waals surface area contributed by atoms with Crippen molar-refractivity contribution < 1.29 is 5.11 Å². The molecule has 3 heteroatoms. The van der Waals surface area contributed by atoms with Crippen LogP contribution in [0.25, 0.3) is 32.8 Å². The molecule has 0 atom stereocenters. The summed E-state index contributed by atoms with van der Waals surface area (Å²) in [6, 6.07) is 15.5. The molecule has 0 amide bonds. The largest absolute Gasteiger partial charge is 0.508 e. The lowest BCUT2D eigenvalue weighted by molar-refractivity contribution is 0.476. The van der Waals surface area contributed by atoms with Crippen molar-refractivity contribution in [2.75, 3.05) is 0 Å². The summed E-state index contributed by atoms with van der Waals surface area (Å²) in [4.78, 5) is 7.86. The SMILES string of the molecule is Oc1ccc2cc3c(nc2c1)[nH]c1ccccc13. The van der Waals surface area contributed by atoms with Crippen LogP contribution in [0.3, 0.4) is 0 Å². The van der Waals surface area contributed by atoms with Crippen molar-refractivity contribution in [2.24, 2.45) is 0 Å². The van der Waals surface area contributed by atoms with Crippen LogP contribution in [0.2, 0.25) is 0 Å². The monoisotopic (exact) mass is 234 g/mol. The highest BCUT2D eigenvalue weighted by Gasteiger charge is 2.06. The number of H-pyrrole nitrogens is 1. The Morgan fingerprint density at radius 3 is 2.78 bits per heavy atom. The highest BCUT2D eigenvalue weighted by atomic mass is 16.3. The van der Waals surface area contributed by atoms with Gasteiger partial charge in [0.2, 0.25) is 0 Å². The second kappa shape index (κ2) is 3.23. The van der Waals surface area contributed by atoms with Crippen molar-refractivity contribution in [1.29, 1.82) is 0 Å². The fraction of sp³-hybridized carbons (Fsp3) is 0. The average molecular weight is 234 g/mol. The van der Waals surface area contributed by atoms with Crippen LogP contribution in [0, 0.1) is 0 Å². The van der Waals surface area contributed by atoms with Crippen molar-refractivity contribution in [3.05, 3.63) is 48.5 Å². The molecule has 2 aromatic heterocycles. The third-order valence-electron chi connectivity index (χ3n) is 3.27. The van der Waals surface area contributed by atoms with Gasteiger partial charge in [0.25, 0.3) is 0 Å². The number of nitrogens with zero attached hydrogens (tertiary/aromatic N) is 1. The molecule has 2 aromatic carbocycles. The van der Waals surface area contributed by atoms with E-state index in [1.165, 1.54) is 5.39 Å². The lowest BCUT2D eigenvalue weighted by atomic mass is 10.1. The van der Waals surface area contributed by atoms with Gasteiger partial charge in [0.15, 0.2) is 0 Å². The number of aromatic hydroxyl groups is 1. The van der Waals surface area contributed by atoms with Gasteiger partial charge in [-0.3, -0.25) is 0 Å². The zero-order valence-electron chi connectivity index (χ0n) is 9.51. The average Bonchev–Trinajstić information content (AvgIpc) is 2.73. The number of aromatic amines is 1. The number of para-hydroxylation sites is 1. The second-order valence-electron chi connectivity index (χ2n) is 4.43. The molecule has 0 aliphatic rings. The highest BCUT2D eigenvalue weighted by molar-refractivity contribution is 6.09. The third-order valence-corrected chi connectivity index (χ3v) is 3.27. The standard InChI is InChI=1S/C15H10N2O/c18-10-6-5-9-7-12-11-3-1-2-4-13(11)16-15(12)17-14(9)8-10/h1-8,18H,(H,16,17). The highest BCUT2D eigenvalue weighted by Crippen LogP contribution is 2.28. The predicted molar refractivity (Wildman–Crippen MR) is 72.8 cm³/mol. The van der Waals surface area contributed by atoms with Gasteiger partial charge in [-0.2, -0.15) is 0 Å². The van der Waals surface area contributed by atoms with Crippen molar-refractivity contribution in [3.63, 3.8) is 0 Å². The molecule has 4 rings (SSSR count). The van der Waals surface area contributed by atoms with Gasteiger partial charge >= 0.3 is 0 Å². The van der Waals surface area contributed by atoms with Gasteiger partial charge < -0.3 is 10.1 Å². The molecule has 0 aliphatic carbocycles. The van der Waals surface area contributed by atoms with Gasteiger partial charge in [-0.05, 0) is 24.3 Å². The van der Waals surface area contributed by atoms with Crippen LogP contribution in [0.5, 0.6) is 5.75 Å². The van der Waals surface area contributed by atoms with E-state index >= 15 is 0 Å². The number of phenols is 1. The van der Waals surface area contributed by atoms with Crippen LogP contribution in [0.15, 0.2) is 48.5 Å². The molecule has 2 heterocycles. The Morgan fingerprint density at radius 1 is 0.944 bits per heavy atom. The van der Waals surface area contributed by atoms with Crippen LogP contribution in [0.4, 0.5) is 0 Å². The number of nitrogens with one attached hydrogen (secondary N) is 1. The molecule has 0 radical (unpaired) electrons. The Bertz CT molecular complexity index is 893. The van der Waals surface area contributed by atoms with E-state index in [-0.39, 0.29) is 5.75 Å².